The summed E-state index contributed by atoms with van der Waals surface area (Å²) in [5.41, 5.74) is 3.13. The van der Waals surface area contributed by atoms with E-state index in [2.05, 4.69) is 32.9 Å². The molecule has 0 atom stereocenters. The molecule has 1 aliphatic carbocycles. The molecule has 37 heavy (non-hydrogen) atoms. The van der Waals surface area contributed by atoms with Gasteiger partial charge in [0.25, 0.3) is 0 Å². The molecule has 0 unspecified atom stereocenters. The summed E-state index contributed by atoms with van der Waals surface area (Å²) >= 11 is 0. The number of likely N-dealkylation sites (tertiary alicyclic amines) is 2. The quantitative estimate of drug-likeness (QED) is 0.503. The van der Waals surface area contributed by atoms with Crippen LogP contribution in [0.2, 0.25) is 0 Å². The van der Waals surface area contributed by atoms with Crippen LogP contribution in [-0.2, 0) is 23.1 Å². The van der Waals surface area contributed by atoms with Gasteiger partial charge in [0.15, 0.2) is 0 Å². The van der Waals surface area contributed by atoms with Crippen LogP contribution in [0.3, 0.4) is 0 Å². The lowest BCUT2D eigenvalue weighted by Gasteiger charge is -2.42. The zero-order valence-electron chi connectivity index (χ0n) is 22.9. The van der Waals surface area contributed by atoms with Gasteiger partial charge in [-0.3, -0.25) is 4.90 Å². The highest BCUT2D eigenvalue weighted by molar-refractivity contribution is 7.88. The zero-order chi connectivity index (χ0) is 26.2. The fraction of sp³-hybridized carbons (Fsp3) is 0.724. The number of hydrogen-bond donors (Lipinski definition) is 1. The number of nitrogens with one attached hydrogen (secondary N) is 1. The van der Waals surface area contributed by atoms with E-state index < -0.39 is 10.0 Å². The smallest absolute Gasteiger partial charge is 0.209 e. The SMILES string of the molecule is CC(C)[C@H]1CC[C@@H](N2CCC(n3c(CNS(C)(=O)=O)c(CN4CCCC4)c4cc(F)ccc43)CC2)CC1. The molecule has 5 rings (SSSR count). The van der Waals surface area contributed by atoms with Gasteiger partial charge in [-0.2, -0.15) is 0 Å². The molecule has 1 N–H and O–H groups in total. The fourth-order valence-corrected chi connectivity index (χ4v) is 7.60. The van der Waals surface area contributed by atoms with Gasteiger partial charge in [0, 0.05) is 48.3 Å². The van der Waals surface area contributed by atoms with Gasteiger partial charge in [-0.05, 0) is 100 Å². The molecule has 0 spiro atoms. The van der Waals surface area contributed by atoms with Crippen LogP contribution in [0.25, 0.3) is 10.9 Å². The van der Waals surface area contributed by atoms with E-state index in [1.54, 1.807) is 12.1 Å². The van der Waals surface area contributed by atoms with Crippen LogP contribution in [-0.4, -0.2) is 61.3 Å². The number of nitrogens with zero attached hydrogens (tertiary/aromatic N) is 3. The average Bonchev–Trinajstić information content (AvgIpc) is 3.49. The number of fused-ring (bicyclic) bond motifs is 1. The maximum absolute atomic E-state index is 14.5. The van der Waals surface area contributed by atoms with Crippen LogP contribution in [0.15, 0.2) is 18.2 Å². The monoisotopic (exact) mass is 532 g/mol. The van der Waals surface area contributed by atoms with E-state index in [1.807, 2.05) is 6.07 Å². The van der Waals surface area contributed by atoms with Crippen molar-refractivity contribution < 1.29 is 12.8 Å². The van der Waals surface area contributed by atoms with E-state index in [4.69, 9.17) is 0 Å². The fourth-order valence-electron chi connectivity index (χ4n) is 7.20. The second-order valence-electron chi connectivity index (χ2n) is 12.1. The van der Waals surface area contributed by atoms with Crippen molar-refractivity contribution in [2.75, 3.05) is 32.4 Å². The minimum atomic E-state index is -3.35. The highest BCUT2D eigenvalue weighted by atomic mass is 32.2. The van der Waals surface area contributed by atoms with Crippen molar-refractivity contribution in [3.05, 3.63) is 35.3 Å². The van der Waals surface area contributed by atoms with Crippen molar-refractivity contribution in [3.8, 4) is 0 Å². The standard InChI is InChI=1S/C29H45FN4O2S/c1-21(2)22-6-9-24(10-7-22)33-16-12-25(13-17-33)34-28-11-8-23(30)18-26(28)27(20-32-14-4-5-15-32)29(34)19-31-37(3,35)36/h8,11,18,21-22,24-25,31H,4-7,9-10,12-17,19-20H2,1-3H3/t22-,24+. The number of benzene rings is 1. The first-order chi connectivity index (χ1) is 17.7. The van der Waals surface area contributed by atoms with Crippen LogP contribution in [0.4, 0.5) is 4.39 Å². The molecule has 0 bridgehead atoms. The second kappa shape index (κ2) is 11.3. The molecular formula is C29H45FN4O2S. The normalized spacial score (nSPS) is 25.0. The molecule has 3 fully saturated rings. The van der Waals surface area contributed by atoms with Gasteiger partial charge in [-0.25, -0.2) is 17.5 Å². The van der Waals surface area contributed by atoms with Crippen LogP contribution in [0, 0.1) is 17.7 Å². The Hall–Kier alpha value is -1.48. The first-order valence-electron chi connectivity index (χ1n) is 14.4. The molecule has 2 aliphatic heterocycles. The topological polar surface area (TPSA) is 57.6 Å². The van der Waals surface area contributed by atoms with Crippen molar-refractivity contribution in [1.29, 1.82) is 0 Å². The molecule has 3 heterocycles. The maximum atomic E-state index is 14.5. The third-order valence-corrected chi connectivity index (χ3v) is 10.00. The minimum Gasteiger partial charge on any atom is -0.340 e. The van der Waals surface area contributed by atoms with Gasteiger partial charge >= 0.3 is 0 Å². The predicted octanol–water partition coefficient (Wildman–Crippen LogP) is 5.28. The first kappa shape index (κ1) is 27.1. The molecule has 2 aromatic rings. The highest BCUT2D eigenvalue weighted by Gasteiger charge is 2.32. The molecule has 3 aliphatic rings. The van der Waals surface area contributed by atoms with Gasteiger partial charge in [-0.15, -0.1) is 0 Å². The summed E-state index contributed by atoms with van der Waals surface area (Å²) in [5.74, 6) is 1.42. The summed E-state index contributed by atoms with van der Waals surface area (Å²) in [4.78, 5) is 5.13. The molecule has 206 valence electrons. The molecular weight excluding hydrogens is 487 g/mol. The lowest BCUT2D eigenvalue weighted by Crippen LogP contribution is -2.44. The molecule has 1 aromatic heterocycles. The summed E-state index contributed by atoms with van der Waals surface area (Å²) < 4.78 is 43.8. The average molecular weight is 533 g/mol. The summed E-state index contributed by atoms with van der Waals surface area (Å²) in [7, 11) is -3.35. The maximum Gasteiger partial charge on any atom is 0.209 e. The molecule has 2 saturated heterocycles. The third kappa shape index (κ3) is 6.23. The Bertz CT molecular complexity index is 1170. The van der Waals surface area contributed by atoms with E-state index in [9.17, 15) is 12.8 Å². The molecule has 0 amide bonds. The first-order valence-corrected chi connectivity index (χ1v) is 16.3. The molecule has 1 saturated carbocycles. The van der Waals surface area contributed by atoms with Gasteiger partial charge in [0.2, 0.25) is 10.0 Å². The highest BCUT2D eigenvalue weighted by Crippen LogP contribution is 2.38. The Morgan fingerprint density at radius 1 is 0.973 bits per heavy atom. The Morgan fingerprint density at radius 2 is 1.65 bits per heavy atom. The number of hydrogen-bond acceptors (Lipinski definition) is 4. The van der Waals surface area contributed by atoms with Gasteiger partial charge in [0.05, 0.1) is 12.8 Å². The lowest BCUT2D eigenvalue weighted by atomic mass is 9.79. The van der Waals surface area contributed by atoms with E-state index in [1.165, 1.54) is 44.8 Å². The van der Waals surface area contributed by atoms with Gasteiger partial charge in [-0.1, -0.05) is 13.8 Å². The van der Waals surface area contributed by atoms with Crippen LogP contribution < -0.4 is 4.72 Å². The number of aromatic nitrogens is 1. The van der Waals surface area contributed by atoms with Gasteiger partial charge < -0.3 is 9.47 Å². The number of piperidine rings is 1. The van der Waals surface area contributed by atoms with E-state index in [0.29, 0.717) is 12.1 Å². The van der Waals surface area contributed by atoms with Crippen molar-refractivity contribution >= 4 is 20.9 Å². The van der Waals surface area contributed by atoms with E-state index in [0.717, 1.165) is 79.6 Å². The van der Waals surface area contributed by atoms with Crippen molar-refractivity contribution in [3.63, 3.8) is 0 Å². The van der Waals surface area contributed by atoms with Crippen LogP contribution >= 0.6 is 0 Å². The molecule has 8 heteroatoms. The largest absolute Gasteiger partial charge is 0.340 e. The summed E-state index contributed by atoms with van der Waals surface area (Å²) in [6.07, 6.45) is 11.0. The predicted molar refractivity (Wildman–Crippen MR) is 149 cm³/mol. The van der Waals surface area contributed by atoms with Crippen molar-refractivity contribution in [2.45, 2.75) is 90.4 Å². The Balaban J connectivity index is 1.41. The van der Waals surface area contributed by atoms with Crippen molar-refractivity contribution in [2.24, 2.45) is 11.8 Å². The molecule has 6 nitrogen and oxygen atoms in total. The van der Waals surface area contributed by atoms with Gasteiger partial charge in [0.1, 0.15) is 5.82 Å². The molecule has 1 aromatic carbocycles. The Kier molecular flexibility index (Phi) is 8.30. The Morgan fingerprint density at radius 3 is 2.27 bits per heavy atom. The van der Waals surface area contributed by atoms with E-state index >= 15 is 0 Å². The van der Waals surface area contributed by atoms with Crippen molar-refractivity contribution in [1.82, 2.24) is 19.1 Å². The second-order valence-corrected chi connectivity index (χ2v) is 13.9. The van der Waals surface area contributed by atoms with Crippen LogP contribution in [0.5, 0.6) is 0 Å². The Labute approximate surface area is 222 Å². The zero-order valence-corrected chi connectivity index (χ0v) is 23.7. The summed E-state index contributed by atoms with van der Waals surface area (Å²) in [5, 5.41) is 0.937. The summed E-state index contributed by atoms with van der Waals surface area (Å²) in [6.45, 7) is 9.93. The number of rotatable bonds is 8. The van der Waals surface area contributed by atoms with Crippen LogP contribution in [0.1, 0.15) is 82.5 Å². The van der Waals surface area contributed by atoms with E-state index in [-0.39, 0.29) is 12.4 Å². The molecule has 0 radical (unpaired) electrons. The number of halogens is 1. The lowest BCUT2D eigenvalue weighted by molar-refractivity contribution is 0.0889. The minimum absolute atomic E-state index is 0.234. The third-order valence-electron chi connectivity index (χ3n) is 9.33. The summed E-state index contributed by atoms with van der Waals surface area (Å²) in [6, 6.07) is 6.10. The number of sulfonamides is 1.